The molecule has 18 heavy (non-hydrogen) atoms. The molecule has 2 aromatic rings. The smallest absolute Gasteiger partial charge is 0.307 e. The van der Waals surface area contributed by atoms with Crippen LogP contribution in [-0.2, 0) is 17.8 Å². The predicted molar refractivity (Wildman–Crippen MR) is 69.0 cm³/mol. The van der Waals surface area contributed by atoms with Gasteiger partial charge >= 0.3 is 5.97 Å². The molecule has 1 aromatic heterocycles. The molecule has 1 N–H and O–H groups in total. The van der Waals surface area contributed by atoms with Crippen molar-refractivity contribution in [2.45, 2.75) is 20.0 Å². The molecule has 0 saturated heterocycles. The molecular formula is C13H13NO3S. The fourth-order valence-electron chi connectivity index (χ4n) is 1.50. The van der Waals surface area contributed by atoms with E-state index >= 15 is 0 Å². The number of carboxylic acids is 1. The first-order chi connectivity index (χ1) is 8.63. The van der Waals surface area contributed by atoms with Gasteiger partial charge in [0.1, 0.15) is 12.4 Å². The zero-order valence-electron chi connectivity index (χ0n) is 9.92. The monoisotopic (exact) mass is 263 g/mol. The number of aliphatic carboxylic acids is 1. The molecule has 2 rings (SSSR count). The average molecular weight is 263 g/mol. The van der Waals surface area contributed by atoms with Gasteiger partial charge in [-0.05, 0) is 24.6 Å². The van der Waals surface area contributed by atoms with E-state index in [-0.39, 0.29) is 6.42 Å². The third-order valence-electron chi connectivity index (χ3n) is 2.33. The van der Waals surface area contributed by atoms with Crippen molar-refractivity contribution in [3.05, 3.63) is 45.9 Å². The normalized spacial score (nSPS) is 10.3. The summed E-state index contributed by atoms with van der Waals surface area (Å²) in [4.78, 5) is 15.8. The van der Waals surface area contributed by atoms with Crippen molar-refractivity contribution < 1.29 is 14.6 Å². The molecular weight excluding hydrogens is 250 g/mol. The van der Waals surface area contributed by atoms with Crippen molar-refractivity contribution >= 4 is 17.3 Å². The summed E-state index contributed by atoms with van der Waals surface area (Å²) < 4.78 is 5.59. The minimum Gasteiger partial charge on any atom is -0.488 e. The molecule has 0 amide bonds. The number of carbonyl (C=O) groups is 1. The average Bonchev–Trinajstić information content (AvgIpc) is 2.74. The fourth-order valence-corrected chi connectivity index (χ4v) is 2.21. The number of hydrogen-bond acceptors (Lipinski definition) is 4. The highest BCUT2D eigenvalue weighted by molar-refractivity contribution is 7.11. The first-order valence-corrected chi connectivity index (χ1v) is 6.30. The van der Waals surface area contributed by atoms with E-state index in [2.05, 4.69) is 4.98 Å². The van der Waals surface area contributed by atoms with E-state index in [4.69, 9.17) is 9.84 Å². The van der Waals surface area contributed by atoms with E-state index in [1.165, 1.54) is 0 Å². The van der Waals surface area contributed by atoms with Gasteiger partial charge in [-0.15, -0.1) is 11.3 Å². The maximum atomic E-state index is 10.5. The van der Waals surface area contributed by atoms with Crippen LogP contribution >= 0.6 is 11.3 Å². The molecule has 1 heterocycles. The number of carboxylic acid groups (broad SMARTS) is 1. The van der Waals surface area contributed by atoms with Crippen LogP contribution in [0.15, 0.2) is 30.5 Å². The molecule has 0 spiro atoms. The summed E-state index contributed by atoms with van der Waals surface area (Å²) in [5.41, 5.74) is 0.767. The van der Waals surface area contributed by atoms with Crippen LogP contribution in [0.3, 0.4) is 0 Å². The maximum Gasteiger partial charge on any atom is 0.307 e. The third-order valence-corrected chi connectivity index (χ3v) is 3.22. The number of benzene rings is 1. The van der Waals surface area contributed by atoms with Crippen LogP contribution in [0.2, 0.25) is 0 Å². The van der Waals surface area contributed by atoms with Crippen molar-refractivity contribution in [3.8, 4) is 5.75 Å². The van der Waals surface area contributed by atoms with Crippen LogP contribution in [0.25, 0.3) is 0 Å². The van der Waals surface area contributed by atoms with E-state index in [0.29, 0.717) is 6.61 Å². The Morgan fingerprint density at radius 2 is 2.11 bits per heavy atom. The fraction of sp³-hybridized carbons (Fsp3) is 0.231. The van der Waals surface area contributed by atoms with Crippen molar-refractivity contribution in [3.63, 3.8) is 0 Å². The Morgan fingerprint density at radius 1 is 1.39 bits per heavy atom. The Kier molecular flexibility index (Phi) is 3.94. The zero-order chi connectivity index (χ0) is 13.0. The lowest BCUT2D eigenvalue weighted by Gasteiger charge is -2.04. The third kappa shape index (κ3) is 3.56. The highest BCUT2D eigenvalue weighted by Gasteiger charge is 2.02. The van der Waals surface area contributed by atoms with Gasteiger partial charge in [0.05, 0.1) is 16.3 Å². The molecule has 94 valence electrons. The number of hydrogen-bond donors (Lipinski definition) is 1. The molecule has 0 saturated carbocycles. The number of thiazole rings is 1. The first-order valence-electron chi connectivity index (χ1n) is 5.48. The lowest BCUT2D eigenvalue weighted by Crippen LogP contribution is -2.00. The van der Waals surface area contributed by atoms with Gasteiger partial charge in [0.15, 0.2) is 0 Å². The number of rotatable bonds is 5. The molecule has 0 atom stereocenters. The number of ether oxygens (including phenoxy) is 1. The summed E-state index contributed by atoms with van der Waals surface area (Å²) in [5.74, 6) is -0.0982. The van der Waals surface area contributed by atoms with Gasteiger partial charge in [0.2, 0.25) is 0 Å². The van der Waals surface area contributed by atoms with Crippen molar-refractivity contribution in [1.82, 2.24) is 4.98 Å². The minimum absolute atomic E-state index is 0.0360. The van der Waals surface area contributed by atoms with Crippen molar-refractivity contribution in [1.29, 1.82) is 0 Å². The van der Waals surface area contributed by atoms with Crippen LogP contribution in [0, 0.1) is 6.92 Å². The largest absolute Gasteiger partial charge is 0.488 e. The maximum absolute atomic E-state index is 10.5. The molecule has 0 aliphatic heterocycles. The van der Waals surface area contributed by atoms with Crippen LogP contribution in [-0.4, -0.2) is 16.1 Å². The lowest BCUT2D eigenvalue weighted by molar-refractivity contribution is -0.136. The van der Waals surface area contributed by atoms with Crippen LogP contribution < -0.4 is 4.74 Å². The molecule has 0 unspecified atom stereocenters. The first kappa shape index (κ1) is 12.6. The highest BCUT2D eigenvalue weighted by atomic mass is 32.1. The molecule has 0 fully saturated rings. The Labute approximate surface area is 109 Å². The van der Waals surface area contributed by atoms with Crippen molar-refractivity contribution in [2.75, 3.05) is 0 Å². The Hall–Kier alpha value is -1.88. The molecule has 0 aliphatic rings. The van der Waals surface area contributed by atoms with Gasteiger partial charge in [-0.2, -0.15) is 0 Å². The second-order valence-corrected chi connectivity index (χ2v) is 5.17. The standard InChI is InChI=1S/C13H13NO3S/c1-9-14-7-12(18-9)8-17-11-4-2-10(3-5-11)6-13(15)16/h2-5,7H,6,8H2,1H3,(H,15,16). The molecule has 1 aromatic carbocycles. The summed E-state index contributed by atoms with van der Waals surface area (Å²) in [6.07, 6.45) is 1.84. The highest BCUT2D eigenvalue weighted by Crippen LogP contribution is 2.17. The molecule has 0 bridgehead atoms. The quantitative estimate of drug-likeness (QED) is 0.901. The van der Waals surface area contributed by atoms with Crippen LogP contribution in [0.4, 0.5) is 0 Å². The van der Waals surface area contributed by atoms with E-state index < -0.39 is 5.97 Å². The van der Waals surface area contributed by atoms with Gasteiger partial charge in [-0.1, -0.05) is 12.1 Å². The zero-order valence-corrected chi connectivity index (χ0v) is 10.7. The minimum atomic E-state index is -0.830. The van der Waals surface area contributed by atoms with Gasteiger partial charge < -0.3 is 9.84 Å². The van der Waals surface area contributed by atoms with Gasteiger partial charge in [0.25, 0.3) is 0 Å². The summed E-state index contributed by atoms with van der Waals surface area (Å²) >= 11 is 1.60. The SMILES string of the molecule is Cc1ncc(COc2ccc(CC(=O)O)cc2)s1. The summed E-state index contributed by atoms with van der Waals surface area (Å²) in [5, 5.41) is 9.67. The number of aromatic nitrogens is 1. The summed E-state index contributed by atoms with van der Waals surface area (Å²) in [6.45, 7) is 2.44. The van der Waals surface area contributed by atoms with E-state index in [1.54, 1.807) is 41.8 Å². The summed E-state index contributed by atoms with van der Waals surface area (Å²) in [6, 6.07) is 7.10. The van der Waals surface area contributed by atoms with Crippen LogP contribution in [0.5, 0.6) is 5.75 Å². The van der Waals surface area contributed by atoms with E-state index in [9.17, 15) is 4.79 Å². The predicted octanol–water partition coefficient (Wildman–Crippen LogP) is 2.66. The topological polar surface area (TPSA) is 59.4 Å². The Balaban J connectivity index is 1.92. The molecule has 0 radical (unpaired) electrons. The molecule has 5 heteroatoms. The summed E-state index contributed by atoms with van der Waals surface area (Å²) in [7, 11) is 0. The van der Waals surface area contributed by atoms with Gasteiger partial charge in [-0.3, -0.25) is 4.79 Å². The second-order valence-electron chi connectivity index (χ2n) is 3.85. The van der Waals surface area contributed by atoms with Crippen molar-refractivity contribution in [2.24, 2.45) is 0 Å². The van der Waals surface area contributed by atoms with E-state index in [1.807, 2.05) is 6.92 Å². The molecule has 0 aliphatic carbocycles. The Morgan fingerprint density at radius 3 is 2.67 bits per heavy atom. The van der Waals surface area contributed by atoms with E-state index in [0.717, 1.165) is 21.2 Å². The van der Waals surface area contributed by atoms with Gasteiger partial charge in [-0.25, -0.2) is 4.98 Å². The second kappa shape index (κ2) is 5.64. The van der Waals surface area contributed by atoms with Crippen LogP contribution in [0.1, 0.15) is 15.4 Å². The lowest BCUT2D eigenvalue weighted by atomic mass is 10.1. The van der Waals surface area contributed by atoms with Gasteiger partial charge in [0, 0.05) is 6.20 Å². The number of aryl methyl sites for hydroxylation is 1. The number of nitrogens with zero attached hydrogens (tertiary/aromatic N) is 1. The molecule has 4 nitrogen and oxygen atoms in total. The Bertz CT molecular complexity index is 533.